The van der Waals surface area contributed by atoms with E-state index >= 15 is 0 Å². The van der Waals surface area contributed by atoms with Crippen molar-refractivity contribution >= 4 is 17.6 Å². The molecule has 180 valence electrons. The summed E-state index contributed by atoms with van der Waals surface area (Å²) < 4.78 is 9.28. The number of anilines is 2. The van der Waals surface area contributed by atoms with E-state index < -0.39 is 5.97 Å². The van der Waals surface area contributed by atoms with Crippen LogP contribution in [-0.2, 0) is 6.54 Å². The normalized spacial score (nSPS) is 13.1. The molecule has 0 amide bonds. The number of aromatic carboxylic acids is 1. The molecule has 1 fully saturated rings. The maximum atomic E-state index is 11.6. The van der Waals surface area contributed by atoms with Gasteiger partial charge in [-0.05, 0) is 39.5 Å². The SMILES string of the molecule is COc1c(-c2ccc(C)cc2)nn(CC2CC2)c1Nc1cc(-n2nc(C)c(C(=O)O)c2C)ncn1. The van der Waals surface area contributed by atoms with Crippen LogP contribution in [0.5, 0.6) is 5.75 Å². The second-order valence-electron chi connectivity index (χ2n) is 8.87. The smallest absolute Gasteiger partial charge is 0.339 e. The van der Waals surface area contributed by atoms with Crippen molar-refractivity contribution in [3.8, 4) is 22.8 Å². The molecule has 3 aromatic heterocycles. The Labute approximate surface area is 202 Å². The first-order valence-corrected chi connectivity index (χ1v) is 11.5. The molecule has 10 heteroatoms. The number of benzene rings is 1. The van der Waals surface area contributed by atoms with Gasteiger partial charge in [-0.2, -0.15) is 10.2 Å². The number of nitrogens with zero attached hydrogens (tertiary/aromatic N) is 6. The monoisotopic (exact) mass is 473 g/mol. The van der Waals surface area contributed by atoms with Crippen LogP contribution < -0.4 is 10.1 Å². The number of ether oxygens (including phenoxy) is 1. The molecule has 0 radical (unpaired) electrons. The van der Waals surface area contributed by atoms with Crippen molar-refractivity contribution in [2.24, 2.45) is 5.92 Å². The number of rotatable bonds is 8. The summed E-state index contributed by atoms with van der Waals surface area (Å²) in [6, 6.07) is 9.91. The number of aromatic nitrogens is 6. The van der Waals surface area contributed by atoms with E-state index in [4.69, 9.17) is 9.84 Å². The molecule has 0 spiro atoms. The predicted molar refractivity (Wildman–Crippen MR) is 131 cm³/mol. The molecular weight excluding hydrogens is 446 g/mol. The second kappa shape index (κ2) is 8.86. The Morgan fingerprint density at radius 1 is 1.14 bits per heavy atom. The van der Waals surface area contributed by atoms with E-state index in [2.05, 4.69) is 39.4 Å². The van der Waals surface area contributed by atoms with Crippen molar-refractivity contribution in [1.82, 2.24) is 29.5 Å². The number of carbonyl (C=O) groups is 1. The number of aryl methyl sites for hydroxylation is 2. The summed E-state index contributed by atoms with van der Waals surface area (Å²) in [4.78, 5) is 20.3. The van der Waals surface area contributed by atoms with Crippen LogP contribution in [0.2, 0.25) is 0 Å². The maximum absolute atomic E-state index is 11.6. The van der Waals surface area contributed by atoms with E-state index in [9.17, 15) is 9.90 Å². The summed E-state index contributed by atoms with van der Waals surface area (Å²) in [5.74, 6) is 1.90. The average Bonchev–Trinajstić information content (AvgIpc) is 3.51. The van der Waals surface area contributed by atoms with Crippen LogP contribution in [0.25, 0.3) is 17.1 Å². The van der Waals surface area contributed by atoms with Crippen LogP contribution in [0.1, 0.15) is 40.2 Å². The summed E-state index contributed by atoms with van der Waals surface area (Å²) in [6.07, 6.45) is 3.79. The van der Waals surface area contributed by atoms with Gasteiger partial charge in [0.2, 0.25) is 0 Å². The maximum Gasteiger partial charge on any atom is 0.339 e. The van der Waals surface area contributed by atoms with E-state index in [-0.39, 0.29) is 5.56 Å². The van der Waals surface area contributed by atoms with E-state index in [1.165, 1.54) is 29.4 Å². The molecule has 1 saturated carbocycles. The van der Waals surface area contributed by atoms with Gasteiger partial charge in [-0.3, -0.25) is 0 Å². The quantitative estimate of drug-likeness (QED) is 0.388. The van der Waals surface area contributed by atoms with Crippen LogP contribution in [0.3, 0.4) is 0 Å². The third-order valence-corrected chi connectivity index (χ3v) is 6.19. The fraction of sp³-hybridized carbons (Fsp3) is 0.320. The van der Waals surface area contributed by atoms with Crippen molar-refractivity contribution < 1.29 is 14.6 Å². The van der Waals surface area contributed by atoms with Crippen molar-refractivity contribution in [2.45, 2.75) is 40.2 Å². The first kappa shape index (κ1) is 22.6. The average molecular weight is 474 g/mol. The van der Waals surface area contributed by atoms with Gasteiger partial charge < -0.3 is 15.2 Å². The summed E-state index contributed by atoms with van der Waals surface area (Å²) in [5, 5.41) is 22.1. The van der Waals surface area contributed by atoms with Gasteiger partial charge in [0.1, 0.15) is 23.4 Å². The van der Waals surface area contributed by atoms with Gasteiger partial charge in [-0.25, -0.2) is 24.1 Å². The Bertz CT molecular complexity index is 1400. The van der Waals surface area contributed by atoms with Gasteiger partial charge in [0.05, 0.1) is 18.5 Å². The molecule has 1 aliphatic rings. The van der Waals surface area contributed by atoms with Crippen molar-refractivity contribution in [3.05, 3.63) is 59.2 Å². The fourth-order valence-corrected chi connectivity index (χ4v) is 4.17. The highest BCUT2D eigenvalue weighted by Crippen LogP contribution is 2.40. The Balaban J connectivity index is 1.54. The predicted octanol–water partition coefficient (Wildman–Crippen LogP) is 4.31. The highest BCUT2D eigenvalue weighted by molar-refractivity contribution is 5.90. The van der Waals surface area contributed by atoms with Gasteiger partial charge in [0, 0.05) is 18.2 Å². The zero-order valence-corrected chi connectivity index (χ0v) is 20.1. The first-order valence-electron chi connectivity index (χ1n) is 11.5. The fourth-order valence-electron chi connectivity index (χ4n) is 4.17. The van der Waals surface area contributed by atoms with Crippen LogP contribution in [-0.4, -0.2) is 47.7 Å². The minimum absolute atomic E-state index is 0.171. The largest absolute Gasteiger partial charge is 0.491 e. The van der Waals surface area contributed by atoms with Crippen LogP contribution >= 0.6 is 0 Å². The number of hydrogen-bond donors (Lipinski definition) is 2. The number of nitrogens with one attached hydrogen (secondary N) is 1. The molecule has 0 aliphatic heterocycles. The number of carboxylic acid groups (broad SMARTS) is 1. The van der Waals surface area contributed by atoms with Gasteiger partial charge in [0.15, 0.2) is 17.4 Å². The molecule has 0 bridgehead atoms. The van der Waals surface area contributed by atoms with Crippen LogP contribution in [0.4, 0.5) is 11.6 Å². The van der Waals surface area contributed by atoms with Gasteiger partial charge in [0.25, 0.3) is 0 Å². The summed E-state index contributed by atoms with van der Waals surface area (Å²) in [7, 11) is 1.63. The molecule has 10 nitrogen and oxygen atoms in total. The van der Waals surface area contributed by atoms with Gasteiger partial charge >= 0.3 is 5.97 Å². The van der Waals surface area contributed by atoms with Crippen LogP contribution in [0.15, 0.2) is 36.7 Å². The molecule has 1 aromatic carbocycles. The lowest BCUT2D eigenvalue weighted by Crippen LogP contribution is -2.09. The Morgan fingerprint density at radius 3 is 2.51 bits per heavy atom. The molecule has 2 N–H and O–H groups in total. The number of hydrogen-bond acceptors (Lipinski definition) is 7. The zero-order chi connectivity index (χ0) is 24.7. The molecule has 0 unspecified atom stereocenters. The van der Waals surface area contributed by atoms with E-state index in [0.717, 1.165) is 17.8 Å². The molecule has 35 heavy (non-hydrogen) atoms. The molecule has 3 heterocycles. The minimum Gasteiger partial charge on any atom is -0.491 e. The first-order chi connectivity index (χ1) is 16.9. The Hall–Kier alpha value is -4.21. The molecule has 4 aromatic rings. The van der Waals surface area contributed by atoms with E-state index in [1.807, 2.05) is 16.8 Å². The standard InChI is InChI=1S/C25H27N7O3/c1-14-5-9-18(10-6-14)22-23(35-4)24(31(30-22)12-17-7-8-17)28-19-11-20(27-13-26-19)32-16(3)21(25(33)34)15(2)29-32/h5-6,9-11,13,17H,7-8,12H2,1-4H3,(H,33,34)(H,26,27,28). The van der Waals surface area contributed by atoms with E-state index in [1.54, 1.807) is 27.0 Å². The third-order valence-electron chi connectivity index (χ3n) is 6.19. The summed E-state index contributed by atoms with van der Waals surface area (Å²) in [6.45, 7) is 6.21. The summed E-state index contributed by atoms with van der Waals surface area (Å²) in [5.41, 5.74) is 4.00. The molecular formula is C25H27N7O3. The highest BCUT2D eigenvalue weighted by Gasteiger charge is 2.27. The molecule has 1 aliphatic carbocycles. The molecule has 5 rings (SSSR count). The minimum atomic E-state index is -1.02. The Morgan fingerprint density at radius 2 is 1.89 bits per heavy atom. The highest BCUT2D eigenvalue weighted by atomic mass is 16.5. The van der Waals surface area contributed by atoms with Crippen molar-refractivity contribution in [2.75, 3.05) is 12.4 Å². The third kappa shape index (κ3) is 4.34. The topological polar surface area (TPSA) is 120 Å². The lowest BCUT2D eigenvalue weighted by Gasteiger charge is -2.12. The van der Waals surface area contributed by atoms with Crippen molar-refractivity contribution in [3.63, 3.8) is 0 Å². The second-order valence-corrected chi connectivity index (χ2v) is 8.87. The lowest BCUT2D eigenvalue weighted by molar-refractivity contribution is 0.0695. The van der Waals surface area contributed by atoms with Gasteiger partial charge in [-0.15, -0.1) is 0 Å². The van der Waals surface area contributed by atoms with Gasteiger partial charge in [-0.1, -0.05) is 29.8 Å². The lowest BCUT2D eigenvalue weighted by atomic mass is 10.1. The molecule has 0 saturated heterocycles. The molecule has 0 atom stereocenters. The number of carboxylic acids is 1. The number of methoxy groups -OCH3 is 1. The van der Waals surface area contributed by atoms with E-state index in [0.29, 0.717) is 40.5 Å². The Kier molecular flexibility index (Phi) is 5.72. The summed E-state index contributed by atoms with van der Waals surface area (Å²) >= 11 is 0. The van der Waals surface area contributed by atoms with Crippen molar-refractivity contribution in [1.29, 1.82) is 0 Å². The zero-order valence-electron chi connectivity index (χ0n) is 20.1. The van der Waals surface area contributed by atoms with Crippen LogP contribution in [0, 0.1) is 26.7 Å².